The Morgan fingerprint density at radius 1 is 1.43 bits per heavy atom. The lowest BCUT2D eigenvalue weighted by molar-refractivity contribution is -0.116. The van der Waals surface area contributed by atoms with E-state index in [1.807, 2.05) is 35.2 Å². The van der Waals surface area contributed by atoms with E-state index >= 15 is 0 Å². The van der Waals surface area contributed by atoms with Crippen LogP contribution in [0.4, 0.5) is 5.69 Å². The van der Waals surface area contributed by atoms with E-state index in [0.29, 0.717) is 0 Å². The van der Waals surface area contributed by atoms with Gasteiger partial charge in [-0.2, -0.15) is 0 Å². The maximum atomic E-state index is 10.8. The number of carbonyl (C=O) groups is 1. The molecular weight excluding hydrogens is 176 g/mol. The molecule has 0 bridgehead atoms. The number of amides is 1. The van der Waals surface area contributed by atoms with E-state index in [2.05, 4.69) is 6.08 Å². The predicted molar refractivity (Wildman–Crippen MR) is 56.9 cm³/mol. The topological polar surface area (TPSA) is 46.3 Å². The summed E-state index contributed by atoms with van der Waals surface area (Å²) < 4.78 is 0. The van der Waals surface area contributed by atoms with Gasteiger partial charge < -0.3 is 10.6 Å². The van der Waals surface area contributed by atoms with Crippen LogP contribution in [-0.2, 0) is 4.79 Å². The molecule has 0 aromatic heterocycles. The van der Waals surface area contributed by atoms with Crippen LogP contribution in [0.3, 0.4) is 0 Å². The van der Waals surface area contributed by atoms with Gasteiger partial charge in [-0.05, 0) is 11.6 Å². The molecule has 72 valence electrons. The Hall–Kier alpha value is -1.77. The maximum Gasteiger partial charge on any atom is 0.236 e. The van der Waals surface area contributed by atoms with Gasteiger partial charge in [0.05, 0.1) is 6.54 Å². The second-order valence-electron chi connectivity index (χ2n) is 3.31. The third-order valence-electron chi connectivity index (χ3n) is 2.25. The lowest BCUT2D eigenvalue weighted by Crippen LogP contribution is -2.35. The van der Waals surface area contributed by atoms with Crippen molar-refractivity contribution >= 4 is 17.7 Å². The molecule has 0 fully saturated rings. The molecule has 1 aliphatic rings. The van der Waals surface area contributed by atoms with Crippen LogP contribution in [0, 0.1) is 0 Å². The van der Waals surface area contributed by atoms with Gasteiger partial charge in [-0.3, -0.25) is 4.79 Å². The first-order valence-electron chi connectivity index (χ1n) is 4.56. The zero-order chi connectivity index (χ0) is 9.97. The van der Waals surface area contributed by atoms with E-state index in [1.54, 1.807) is 0 Å². The summed E-state index contributed by atoms with van der Waals surface area (Å²) in [6.07, 6.45) is 4.10. The second kappa shape index (κ2) is 3.54. The largest absolute Gasteiger partial charge is 0.368 e. The molecule has 0 unspecified atom stereocenters. The Kier molecular flexibility index (Phi) is 2.23. The van der Waals surface area contributed by atoms with Gasteiger partial charge in [-0.15, -0.1) is 0 Å². The minimum absolute atomic E-state index is 0.279. The molecule has 1 heterocycles. The second-order valence-corrected chi connectivity index (χ2v) is 3.31. The molecule has 3 heteroatoms. The first kappa shape index (κ1) is 8.81. The van der Waals surface area contributed by atoms with Crippen LogP contribution in [0.2, 0.25) is 0 Å². The molecule has 0 radical (unpaired) electrons. The van der Waals surface area contributed by atoms with Crippen LogP contribution in [0.15, 0.2) is 30.3 Å². The van der Waals surface area contributed by atoms with Gasteiger partial charge in [0.15, 0.2) is 0 Å². The summed E-state index contributed by atoms with van der Waals surface area (Å²) in [6, 6.07) is 7.98. The first-order chi connectivity index (χ1) is 6.77. The van der Waals surface area contributed by atoms with Crippen molar-refractivity contribution in [1.29, 1.82) is 0 Å². The van der Waals surface area contributed by atoms with Gasteiger partial charge in [0.25, 0.3) is 0 Å². The van der Waals surface area contributed by atoms with E-state index in [1.165, 1.54) is 0 Å². The molecule has 0 saturated carbocycles. The molecule has 0 atom stereocenters. The van der Waals surface area contributed by atoms with Crippen LogP contribution in [0.1, 0.15) is 5.56 Å². The number of carbonyl (C=O) groups excluding carboxylic acids is 1. The number of nitrogens with zero attached hydrogens (tertiary/aromatic N) is 1. The molecule has 0 spiro atoms. The molecule has 0 saturated heterocycles. The fourth-order valence-corrected chi connectivity index (χ4v) is 1.66. The van der Waals surface area contributed by atoms with Gasteiger partial charge in [0, 0.05) is 12.2 Å². The number of benzene rings is 1. The lowest BCUT2D eigenvalue weighted by atomic mass is 10.1. The molecule has 1 aliphatic heterocycles. The van der Waals surface area contributed by atoms with Gasteiger partial charge in [-0.25, -0.2) is 0 Å². The van der Waals surface area contributed by atoms with E-state index in [9.17, 15) is 4.79 Å². The van der Waals surface area contributed by atoms with Gasteiger partial charge in [0.1, 0.15) is 0 Å². The van der Waals surface area contributed by atoms with Crippen molar-refractivity contribution in [3.63, 3.8) is 0 Å². The average molecular weight is 188 g/mol. The number of fused-ring (bicyclic) bond motifs is 1. The zero-order valence-electron chi connectivity index (χ0n) is 7.81. The minimum Gasteiger partial charge on any atom is -0.368 e. The van der Waals surface area contributed by atoms with Crippen molar-refractivity contribution in [1.82, 2.24) is 0 Å². The third-order valence-corrected chi connectivity index (χ3v) is 2.25. The van der Waals surface area contributed by atoms with E-state index < -0.39 is 0 Å². The molecule has 2 N–H and O–H groups in total. The molecule has 2 rings (SSSR count). The summed E-state index contributed by atoms with van der Waals surface area (Å²) in [5.41, 5.74) is 7.39. The van der Waals surface area contributed by atoms with Crippen molar-refractivity contribution in [2.75, 3.05) is 18.0 Å². The van der Waals surface area contributed by atoms with Gasteiger partial charge in [-0.1, -0.05) is 30.4 Å². The van der Waals surface area contributed by atoms with Crippen molar-refractivity contribution in [3.8, 4) is 0 Å². The molecule has 3 nitrogen and oxygen atoms in total. The summed E-state index contributed by atoms with van der Waals surface area (Å²) >= 11 is 0. The van der Waals surface area contributed by atoms with Gasteiger partial charge >= 0.3 is 0 Å². The standard InChI is InChI=1S/C11H12N2O/c12-11(14)8-13-7-3-5-9-4-1-2-6-10(9)13/h1-6H,7-8H2,(H2,12,14). The normalized spacial score (nSPS) is 13.9. The van der Waals surface area contributed by atoms with Crippen molar-refractivity contribution in [3.05, 3.63) is 35.9 Å². The Balaban J connectivity index is 2.31. The van der Waals surface area contributed by atoms with Crippen LogP contribution in [0.5, 0.6) is 0 Å². The fraction of sp³-hybridized carbons (Fsp3) is 0.182. The molecule has 14 heavy (non-hydrogen) atoms. The predicted octanol–water partition coefficient (Wildman–Crippen LogP) is 1.01. The summed E-state index contributed by atoms with van der Waals surface area (Å²) in [7, 11) is 0. The number of para-hydroxylation sites is 1. The summed E-state index contributed by atoms with van der Waals surface area (Å²) in [5.74, 6) is -0.296. The number of hydrogen-bond acceptors (Lipinski definition) is 2. The highest BCUT2D eigenvalue weighted by Gasteiger charge is 2.13. The van der Waals surface area contributed by atoms with Crippen LogP contribution in [0.25, 0.3) is 6.08 Å². The van der Waals surface area contributed by atoms with E-state index in [-0.39, 0.29) is 12.5 Å². The summed E-state index contributed by atoms with van der Waals surface area (Å²) in [4.78, 5) is 12.8. The lowest BCUT2D eigenvalue weighted by Gasteiger charge is -2.26. The van der Waals surface area contributed by atoms with Crippen LogP contribution < -0.4 is 10.6 Å². The first-order valence-corrected chi connectivity index (χ1v) is 4.56. The van der Waals surface area contributed by atoms with Crippen LogP contribution >= 0.6 is 0 Å². The smallest absolute Gasteiger partial charge is 0.236 e. The van der Waals surface area contributed by atoms with E-state index in [0.717, 1.165) is 17.8 Å². The van der Waals surface area contributed by atoms with Crippen molar-refractivity contribution in [2.45, 2.75) is 0 Å². The SMILES string of the molecule is NC(=O)CN1CC=Cc2ccccc21. The summed E-state index contributed by atoms with van der Waals surface area (Å²) in [5, 5.41) is 0. The molecule has 1 aromatic carbocycles. The number of anilines is 1. The summed E-state index contributed by atoms with van der Waals surface area (Å²) in [6.45, 7) is 1.03. The minimum atomic E-state index is -0.296. The highest BCUT2D eigenvalue weighted by Crippen LogP contribution is 2.24. The number of rotatable bonds is 2. The molecular formula is C11H12N2O. The number of nitrogens with two attached hydrogens (primary N) is 1. The van der Waals surface area contributed by atoms with E-state index in [4.69, 9.17) is 5.73 Å². The Bertz CT molecular complexity index is 385. The number of primary amides is 1. The van der Waals surface area contributed by atoms with Gasteiger partial charge in [0.2, 0.25) is 5.91 Å². The highest BCUT2D eigenvalue weighted by atomic mass is 16.1. The highest BCUT2D eigenvalue weighted by molar-refractivity contribution is 5.82. The number of hydrogen-bond donors (Lipinski definition) is 1. The molecule has 1 aromatic rings. The zero-order valence-corrected chi connectivity index (χ0v) is 7.81. The Labute approximate surface area is 82.8 Å². The average Bonchev–Trinajstić information content (AvgIpc) is 2.18. The fourth-order valence-electron chi connectivity index (χ4n) is 1.66. The monoisotopic (exact) mass is 188 g/mol. The Morgan fingerprint density at radius 2 is 2.21 bits per heavy atom. The van der Waals surface area contributed by atoms with Crippen molar-refractivity contribution in [2.24, 2.45) is 5.73 Å². The quantitative estimate of drug-likeness (QED) is 0.752. The maximum absolute atomic E-state index is 10.8. The third kappa shape index (κ3) is 1.62. The molecule has 0 aliphatic carbocycles. The Morgan fingerprint density at radius 3 is 3.00 bits per heavy atom. The molecule has 1 amide bonds. The van der Waals surface area contributed by atoms with Crippen LogP contribution in [-0.4, -0.2) is 19.0 Å². The van der Waals surface area contributed by atoms with Crippen molar-refractivity contribution < 1.29 is 4.79 Å².